The van der Waals surface area contributed by atoms with E-state index in [2.05, 4.69) is 4.98 Å². The molecule has 8 nitrogen and oxygen atoms in total. The van der Waals surface area contributed by atoms with Crippen molar-refractivity contribution in [1.29, 1.82) is 0 Å². The van der Waals surface area contributed by atoms with Crippen molar-refractivity contribution in [3.05, 3.63) is 69.0 Å². The normalized spacial score (nSPS) is 10.3. The largest absolute Gasteiger partial charge is 0.459 e. The van der Waals surface area contributed by atoms with Gasteiger partial charge in [0.1, 0.15) is 13.2 Å². The number of carbonyl (C=O) groups excluding carboxylic acids is 2. The quantitative estimate of drug-likeness (QED) is 0.398. The summed E-state index contributed by atoms with van der Waals surface area (Å²) in [5, 5.41) is 10.7. The van der Waals surface area contributed by atoms with Gasteiger partial charge in [0, 0.05) is 26.0 Å². The average molecular weight is 372 g/mol. The molecule has 0 saturated heterocycles. The molecular weight excluding hydrogens is 352 g/mol. The Balaban J connectivity index is 2.11. The molecule has 0 bridgehead atoms. The molecule has 0 radical (unpaired) electrons. The van der Waals surface area contributed by atoms with Crippen LogP contribution in [-0.4, -0.2) is 21.8 Å². The lowest BCUT2D eigenvalue weighted by molar-refractivity contribution is -0.384. The van der Waals surface area contributed by atoms with Crippen LogP contribution in [0.3, 0.4) is 0 Å². The lowest BCUT2D eigenvalue weighted by Gasteiger charge is -2.10. The highest BCUT2D eigenvalue weighted by Crippen LogP contribution is 2.16. The van der Waals surface area contributed by atoms with Gasteiger partial charge >= 0.3 is 11.9 Å². The van der Waals surface area contributed by atoms with Crippen LogP contribution in [0.5, 0.6) is 0 Å². The first-order valence-corrected chi connectivity index (χ1v) is 8.32. The van der Waals surface area contributed by atoms with Crippen molar-refractivity contribution < 1.29 is 24.0 Å². The summed E-state index contributed by atoms with van der Waals surface area (Å²) < 4.78 is 9.98. The fourth-order valence-corrected chi connectivity index (χ4v) is 2.44. The molecule has 2 rings (SSSR count). The number of hydrogen-bond donors (Lipinski definition) is 0. The van der Waals surface area contributed by atoms with E-state index in [1.807, 2.05) is 12.1 Å². The summed E-state index contributed by atoms with van der Waals surface area (Å²) in [4.78, 5) is 36.7. The predicted octanol–water partition coefficient (Wildman–Crippen LogP) is 2.90. The van der Waals surface area contributed by atoms with Gasteiger partial charge in [-0.3, -0.25) is 24.7 Å². The first-order chi connectivity index (χ1) is 12.8. The number of nitro groups is 1. The van der Waals surface area contributed by atoms with E-state index in [0.717, 1.165) is 11.1 Å². The van der Waals surface area contributed by atoms with Crippen LogP contribution in [0, 0.1) is 10.1 Å². The number of aryl methyl sites for hydroxylation is 2. The molecule has 0 saturated carbocycles. The Hall–Kier alpha value is -3.29. The lowest BCUT2D eigenvalue weighted by atomic mass is 10.0. The number of ether oxygens (including phenoxy) is 2. The number of rotatable bonds is 8. The molecule has 0 N–H and O–H groups in total. The predicted molar refractivity (Wildman–Crippen MR) is 95.7 cm³/mol. The van der Waals surface area contributed by atoms with Crippen molar-refractivity contribution in [3.8, 4) is 0 Å². The highest BCUT2D eigenvalue weighted by atomic mass is 16.6. The molecule has 0 atom stereocenters. The van der Waals surface area contributed by atoms with E-state index in [9.17, 15) is 19.7 Å². The average Bonchev–Trinajstić information content (AvgIpc) is 2.63. The fraction of sp³-hybridized carbons (Fsp3) is 0.316. The Morgan fingerprint density at radius 1 is 0.926 bits per heavy atom. The number of esters is 2. The summed E-state index contributed by atoms with van der Waals surface area (Å²) >= 11 is 0. The number of nitro benzene ring substituents is 1. The zero-order valence-electron chi connectivity index (χ0n) is 15.1. The summed E-state index contributed by atoms with van der Waals surface area (Å²) in [6, 6.07) is 10.0. The van der Waals surface area contributed by atoms with E-state index < -0.39 is 16.9 Å². The molecule has 0 unspecified atom stereocenters. The van der Waals surface area contributed by atoms with E-state index in [1.54, 1.807) is 12.1 Å². The van der Waals surface area contributed by atoms with E-state index in [1.165, 1.54) is 26.0 Å². The van der Waals surface area contributed by atoms with Crippen molar-refractivity contribution in [2.24, 2.45) is 0 Å². The Morgan fingerprint density at radius 3 is 1.85 bits per heavy atom. The maximum absolute atomic E-state index is 11.0. The molecular formula is C19H20N2O6. The lowest BCUT2D eigenvalue weighted by Crippen LogP contribution is -2.07. The van der Waals surface area contributed by atoms with Gasteiger partial charge in [-0.05, 0) is 36.1 Å². The van der Waals surface area contributed by atoms with Crippen molar-refractivity contribution in [3.63, 3.8) is 0 Å². The number of pyridine rings is 1. The number of hydrogen-bond acceptors (Lipinski definition) is 7. The van der Waals surface area contributed by atoms with Gasteiger partial charge in [-0.1, -0.05) is 12.1 Å². The maximum Gasteiger partial charge on any atom is 0.303 e. The van der Waals surface area contributed by atoms with Crippen LogP contribution in [0.2, 0.25) is 0 Å². The van der Waals surface area contributed by atoms with E-state index in [0.29, 0.717) is 24.2 Å². The zero-order chi connectivity index (χ0) is 19.8. The van der Waals surface area contributed by atoms with Gasteiger partial charge in [0.15, 0.2) is 0 Å². The van der Waals surface area contributed by atoms with Gasteiger partial charge in [-0.15, -0.1) is 0 Å². The second kappa shape index (κ2) is 9.42. The first-order valence-electron chi connectivity index (χ1n) is 8.32. The number of benzene rings is 1. The molecule has 0 aliphatic carbocycles. The Labute approximate surface area is 156 Å². The smallest absolute Gasteiger partial charge is 0.303 e. The molecule has 142 valence electrons. The molecule has 0 spiro atoms. The Kier molecular flexibility index (Phi) is 6.99. The summed E-state index contributed by atoms with van der Waals surface area (Å²) in [5.74, 6) is -0.816. The minimum atomic E-state index is -0.435. The molecule has 27 heavy (non-hydrogen) atoms. The molecule has 0 fully saturated rings. The standard InChI is InChI=1S/C19H20N2O6/c1-13(22)26-11-17-9-16(10-18(20-17)12-27-14(2)23)4-3-15-5-7-19(8-6-15)21(24)25/h5-10H,3-4,11-12H2,1-2H3. The van der Waals surface area contributed by atoms with Gasteiger partial charge in [0.25, 0.3) is 5.69 Å². The molecule has 8 heteroatoms. The van der Waals surface area contributed by atoms with E-state index >= 15 is 0 Å². The molecule has 0 amide bonds. The van der Waals surface area contributed by atoms with Gasteiger partial charge in [-0.25, -0.2) is 0 Å². The second-order valence-electron chi connectivity index (χ2n) is 5.94. The van der Waals surface area contributed by atoms with Gasteiger partial charge in [-0.2, -0.15) is 0 Å². The van der Waals surface area contributed by atoms with Crippen molar-refractivity contribution in [2.45, 2.75) is 39.9 Å². The highest BCUT2D eigenvalue weighted by Gasteiger charge is 2.08. The molecule has 1 aromatic heterocycles. The Bertz CT molecular complexity index is 796. The van der Waals surface area contributed by atoms with Crippen LogP contribution in [0.1, 0.15) is 36.4 Å². The molecule has 1 aromatic carbocycles. The van der Waals surface area contributed by atoms with Crippen LogP contribution in [0.15, 0.2) is 36.4 Å². The van der Waals surface area contributed by atoms with E-state index in [4.69, 9.17) is 9.47 Å². The molecule has 0 aliphatic heterocycles. The summed E-state index contributed by atoms with van der Waals surface area (Å²) in [5.41, 5.74) is 3.07. The fourth-order valence-electron chi connectivity index (χ4n) is 2.44. The minimum absolute atomic E-state index is 0.0355. The zero-order valence-corrected chi connectivity index (χ0v) is 15.1. The summed E-state index contributed by atoms with van der Waals surface area (Å²) in [7, 11) is 0. The van der Waals surface area contributed by atoms with Gasteiger partial charge < -0.3 is 9.47 Å². The van der Waals surface area contributed by atoms with E-state index in [-0.39, 0.29) is 18.9 Å². The SMILES string of the molecule is CC(=O)OCc1cc(CCc2ccc([N+](=O)[O-])cc2)cc(COC(C)=O)n1. The number of nitrogens with zero attached hydrogens (tertiary/aromatic N) is 2. The second-order valence-corrected chi connectivity index (χ2v) is 5.94. The summed E-state index contributed by atoms with van der Waals surface area (Å²) in [6.07, 6.45) is 1.32. The van der Waals surface area contributed by atoms with Crippen LogP contribution in [0.4, 0.5) is 5.69 Å². The summed E-state index contributed by atoms with van der Waals surface area (Å²) in [6.45, 7) is 2.71. The van der Waals surface area contributed by atoms with Gasteiger partial charge in [0.05, 0.1) is 16.3 Å². The van der Waals surface area contributed by atoms with Crippen molar-refractivity contribution in [2.75, 3.05) is 0 Å². The third-order valence-corrected chi connectivity index (χ3v) is 3.69. The van der Waals surface area contributed by atoms with Crippen LogP contribution in [-0.2, 0) is 45.1 Å². The first kappa shape index (κ1) is 20.0. The number of non-ortho nitro benzene ring substituents is 1. The van der Waals surface area contributed by atoms with Crippen LogP contribution in [0.25, 0.3) is 0 Å². The third kappa shape index (κ3) is 6.85. The topological polar surface area (TPSA) is 109 Å². The van der Waals surface area contributed by atoms with Crippen molar-refractivity contribution >= 4 is 17.6 Å². The highest BCUT2D eigenvalue weighted by molar-refractivity contribution is 5.66. The van der Waals surface area contributed by atoms with Crippen molar-refractivity contribution in [1.82, 2.24) is 4.98 Å². The monoisotopic (exact) mass is 372 g/mol. The molecule has 1 heterocycles. The van der Waals surface area contributed by atoms with Gasteiger partial charge in [0.2, 0.25) is 0 Å². The maximum atomic E-state index is 11.0. The molecule has 0 aliphatic rings. The third-order valence-electron chi connectivity index (χ3n) is 3.69. The number of aromatic nitrogens is 1. The van der Waals surface area contributed by atoms with Crippen LogP contribution >= 0.6 is 0 Å². The molecule has 2 aromatic rings. The minimum Gasteiger partial charge on any atom is -0.459 e. The number of carbonyl (C=O) groups is 2. The van der Waals surface area contributed by atoms with Crippen LogP contribution < -0.4 is 0 Å². The Morgan fingerprint density at radius 2 is 1.41 bits per heavy atom.